The maximum Gasteiger partial charge on any atom is 0.277 e. The van der Waals surface area contributed by atoms with Crippen LogP contribution >= 0.6 is 12.2 Å². The second-order valence-corrected chi connectivity index (χ2v) is 7.51. The molecule has 2 aromatic heterocycles. The summed E-state index contributed by atoms with van der Waals surface area (Å²) in [5.41, 5.74) is 3.32. The number of hydrogen-bond acceptors (Lipinski definition) is 5. The lowest BCUT2D eigenvalue weighted by molar-refractivity contribution is 0.341. The zero-order valence-corrected chi connectivity index (χ0v) is 19.6. The fraction of sp³-hybridized carbons (Fsp3) is 0.455. The highest BCUT2D eigenvalue weighted by molar-refractivity contribution is 7.80. The molecule has 0 aliphatic rings. The molecule has 0 saturated heterocycles. The fourth-order valence-electron chi connectivity index (χ4n) is 3.62. The summed E-state index contributed by atoms with van der Waals surface area (Å²) < 4.78 is 7.45. The third kappa shape index (κ3) is 4.56. The zero-order chi connectivity index (χ0) is 22.5. The van der Waals surface area contributed by atoms with Crippen molar-refractivity contribution in [1.29, 1.82) is 0 Å². The Morgan fingerprint density at radius 3 is 2.71 bits per heavy atom. The number of nitrogens with one attached hydrogen (secondary N) is 2. The lowest BCUT2D eigenvalue weighted by atomic mass is 10.1. The van der Waals surface area contributed by atoms with Gasteiger partial charge in [0.1, 0.15) is 17.1 Å². The van der Waals surface area contributed by atoms with Gasteiger partial charge in [-0.25, -0.2) is 4.98 Å². The summed E-state index contributed by atoms with van der Waals surface area (Å²) in [6.07, 6.45) is 1.68. The Labute approximate surface area is 187 Å². The molecule has 2 N–H and O–H groups in total. The number of aryl methyl sites for hydroxylation is 2. The number of aromatic amines is 1. The second-order valence-electron chi connectivity index (χ2n) is 7.13. The molecule has 166 valence electrons. The van der Waals surface area contributed by atoms with Crippen molar-refractivity contribution in [1.82, 2.24) is 25.1 Å². The Morgan fingerprint density at radius 2 is 2.06 bits per heavy atom. The van der Waals surface area contributed by atoms with Gasteiger partial charge in [-0.2, -0.15) is 5.10 Å². The van der Waals surface area contributed by atoms with Gasteiger partial charge in [0.25, 0.3) is 5.56 Å². The van der Waals surface area contributed by atoms with Crippen molar-refractivity contribution in [2.75, 3.05) is 24.6 Å². The number of fused-ring (bicyclic) bond motifs is 1. The highest BCUT2D eigenvalue weighted by Gasteiger charge is 2.19. The molecular formula is C22H30N6O2S. The summed E-state index contributed by atoms with van der Waals surface area (Å²) in [6.45, 7) is 10.00. The monoisotopic (exact) mass is 442 g/mol. The van der Waals surface area contributed by atoms with Crippen molar-refractivity contribution in [3.63, 3.8) is 0 Å². The van der Waals surface area contributed by atoms with Gasteiger partial charge in [0.2, 0.25) is 0 Å². The van der Waals surface area contributed by atoms with Gasteiger partial charge in [0.05, 0.1) is 17.9 Å². The molecule has 8 nitrogen and oxygen atoms in total. The maximum absolute atomic E-state index is 12.9. The van der Waals surface area contributed by atoms with Crippen LogP contribution in [0.1, 0.15) is 39.8 Å². The topological polar surface area (TPSA) is 88.1 Å². The van der Waals surface area contributed by atoms with Gasteiger partial charge in [0, 0.05) is 25.8 Å². The molecule has 3 aromatic rings. The minimum atomic E-state index is -0.222. The number of benzene rings is 1. The lowest BCUT2D eigenvalue weighted by Gasteiger charge is -2.25. The van der Waals surface area contributed by atoms with E-state index in [0.29, 0.717) is 46.4 Å². The molecule has 0 unspecified atom stereocenters. The van der Waals surface area contributed by atoms with Gasteiger partial charge in [-0.3, -0.25) is 9.48 Å². The van der Waals surface area contributed by atoms with E-state index >= 15 is 0 Å². The Kier molecular flexibility index (Phi) is 7.27. The summed E-state index contributed by atoms with van der Waals surface area (Å²) >= 11 is 5.53. The van der Waals surface area contributed by atoms with Crippen LogP contribution in [0.25, 0.3) is 22.4 Å². The van der Waals surface area contributed by atoms with E-state index in [0.717, 1.165) is 30.8 Å². The van der Waals surface area contributed by atoms with E-state index in [1.807, 2.05) is 43.9 Å². The molecular weight excluding hydrogens is 412 g/mol. The van der Waals surface area contributed by atoms with Crippen LogP contribution in [0.3, 0.4) is 0 Å². The molecule has 0 fully saturated rings. The van der Waals surface area contributed by atoms with Gasteiger partial charge in [-0.15, -0.1) is 0 Å². The standard InChI is InChI=1S/C22H30N6O2S/c1-6-10-16-18-19(27(5)26-16)21(29)25-20(24-18)15-13-14(11-12-17(15)30-9-4)28(8-3)22(31)23-7-2/h11-13H,6-10H2,1-5H3,(H,23,31)(H,24,25,29). The molecule has 0 spiro atoms. The number of ether oxygens (including phenoxy) is 1. The van der Waals surface area contributed by atoms with Gasteiger partial charge < -0.3 is 19.9 Å². The average Bonchev–Trinajstić information content (AvgIpc) is 3.06. The predicted molar refractivity (Wildman–Crippen MR) is 129 cm³/mol. The minimum Gasteiger partial charge on any atom is -0.493 e. The van der Waals surface area contributed by atoms with Crippen molar-refractivity contribution in [2.45, 2.75) is 40.5 Å². The molecule has 0 atom stereocenters. The first-order valence-electron chi connectivity index (χ1n) is 10.7. The van der Waals surface area contributed by atoms with E-state index < -0.39 is 0 Å². The molecule has 3 rings (SSSR count). The normalized spacial score (nSPS) is 11.0. The number of nitrogens with zero attached hydrogens (tertiary/aromatic N) is 4. The molecule has 2 heterocycles. The molecule has 0 radical (unpaired) electrons. The van der Waals surface area contributed by atoms with E-state index in [-0.39, 0.29) is 5.56 Å². The molecule has 0 aliphatic carbocycles. The van der Waals surface area contributed by atoms with Gasteiger partial charge in [0.15, 0.2) is 10.6 Å². The number of H-pyrrole nitrogens is 1. The molecule has 9 heteroatoms. The van der Waals surface area contributed by atoms with Crippen LogP contribution in [0.5, 0.6) is 5.75 Å². The van der Waals surface area contributed by atoms with E-state index in [1.165, 1.54) is 0 Å². The first kappa shape index (κ1) is 22.7. The van der Waals surface area contributed by atoms with Crippen LogP contribution in [0.4, 0.5) is 5.69 Å². The Morgan fingerprint density at radius 1 is 1.29 bits per heavy atom. The first-order valence-corrected chi connectivity index (χ1v) is 11.1. The number of thiocarbonyl (C=S) groups is 1. The number of aromatic nitrogens is 4. The van der Waals surface area contributed by atoms with Gasteiger partial charge in [-0.1, -0.05) is 13.3 Å². The smallest absolute Gasteiger partial charge is 0.277 e. The van der Waals surface area contributed by atoms with Crippen LogP contribution in [-0.4, -0.2) is 44.6 Å². The summed E-state index contributed by atoms with van der Waals surface area (Å²) in [4.78, 5) is 22.6. The summed E-state index contributed by atoms with van der Waals surface area (Å²) in [7, 11) is 1.77. The van der Waals surface area contributed by atoms with Crippen molar-refractivity contribution in [3.8, 4) is 17.1 Å². The van der Waals surface area contributed by atoms with E-state index in [9.17, 15) is 4.79 Å². The van der Waals surface area contributed by atoms with Crippen molar-refractivity contribution >= 4 is 34.1 Å². The minimum absolute atomic E-state index is 0.222. The summed E-state index contributed by atoms with van der Waals surface area (Å²) in [6, 6.07) is 5.81. The van der Waals surface area contributed by atoms with Crippen LogP contribution in [0, 0.1) is 0 Å². The number of rotatable bonds is 8. The SMILES string of the molecule is CCCc1nn(C)c2c(=O)[nH]c(-c3cc(N(CC)C(=S)NCC)ccc3OCC)nc12. The molecule has 31 heavy (non-hydrogen) atoms. The van der Waals surface area contributed by atoms with Gasteiger partial charge >= 0.3 is 0 Å². The van der Waals surface area contributed by atoms with E-state index in [2.05, 4.69) is 22.3 Å². The van der Waals surface area contributed by atoms with Crippen LogP contribution in [0.2, 0.25) is 0 Å². The summed E-state index contributed by atoms with van der Waals surface area (Å²) in [5, 5.41) is 8.35. The number of hydrogen-bond donors (Lipinski definition) is 2. The quantitative estimate of drug-likeness (QED) is 0.517. The molecule has 0 amide bonds. The molecule has 0 saturated carbocycles. The summed E-state index contributed by atoms with van der Waals surface area (Å²) in [5.74, 6) is 1.11. The van der Waals surface area contributed by atoms with E-state index in [1.54, 1.807) is 11.7 Å². The van der Waals surface area contributed by atoms with Crippen molar-refractivity contribution < 1.29 is 4.74 Å². The van der Waals surface area contributed by atoms with Crippen LogP contribution < -0.4 is 20.5 Å². The Hall–Kier alpha value is -2.94. The number of anilines is 1. The highest BCUT2D eigenvalue weighted by atomic mass is 32.1. The maximum atomic E-state index is 12.9. The highest BCUT2D eigenvalue weighted by Crippen LogP contribution is 2.33. The largest absolute Gasteiger partial charge is 0.493 e. The Balaban J connectivity index is 2.20. The third-order valence-electron chi connectivity index (χ3n) is 4.97. The average molecular weight is 443 g/mol. The molecule has 0 aliphatic heterocycles. The first-order chi connectivity index (χ1) is 14.9. The van der Waals surface area contributed by atoms with Gasteiger partial charge in [-0.05, 0) is 57.6 Å². The lowest BCUT2D eigenvalue weighted by Crippen LogP contribution is -2.39. The van der Waals surface area contributed by atoms with Crippen LogP contribution in [0.15, 0.2) is 23.0 Å². The molecule has 0 bridgehead atoms. The molecule has 1 aromatic carbocycles. The third-order valence-corrected chi connectivity index (χ3v) is 5.33. The van der Waals surface area contributed by atoms with Crippen molar-refractivity contribution in [2.24, 2.45) is 7.05 Å². The van der Waals surface area contributed by atoms with E-state index in [4.69, 9.17) is 21.9 Å². The fourth-order valence-corrected chi connectivity index (χ4v) is 4.00. The zero-order valence-electron chi connectivity index (χ0n) is 18.8. The second kappa shape index (κ2) is 9.91. The van der Waals surface area contributed by atoms with Crippen molar-refractivity contribution in [3.05, 3.63) is 34.2 Å². The van der Waals surface area contributed by atoms with Crippen LogP contribution in [-0.2, 0) is 13.5 Å². The Bertz CT molecular complexity index is 1140. The predicted octanol–water partition coefficient (Wildman–Crippen LogP) is 3.40.